The summed E-state index contributed by atoms with van der Waals surface area (Å²) in [4.78, 5) is 12.9. The van der Waals surface area contributed by atoms with Gasteiger partial charge in [-0.05, 0) is 18.1 Å². The number of benzene rings is 2. The predicted octanol–water partition coefficient (Wildman–Crippen LogP) is 2.69. The summed E-state index contributed by atoms with van der Waals surface area (Å²) >= 11 is 0. The highest BCUT2D eigenvalue weighted by atomic mass is 32.2. The fourth-order valence-corrected chi connectivity index (χ4v) is 4.51. The molecule has 0 bridgehead atoms. The second-order valence-corrected chi connectivity index (χ2v) is 8.26. The van der Waals surface area contributed by atoms with Gasteiger partial charge in [-0.3, -0.25) is 4.79 Å². The molecule has 156 valence electrons. The summed E-state index contributed by atoms with van der Waals surface area (Å²) < 4.78 is 50.3. The van der Waals surface area contributed by atoms with Gasteiger partial charge in [0.15, 0.2) is 0 Å². The van der Waals surface area contributed by atoms with Crippen molar-refractivity contribution in [1.29, 1.82) is 0 Å². The highest BCUT2D eigenvalue weighted by Crippen LogP contribution is 2.38. The molecule has 0 spiro atoms. The molecule has 2 aromatic carbocycles. The van der Waals surface area contributed by atoms with Crippen LogP contribution in [0.1, 0.15) is 17.5 Å². The van der Waals surface area contributed by atoms with E-state index in [2.05, 4.69) is 6.58 Å². The number of nitrogens with two attached hydrogens (primary N) is 1. The van der Waals surface area contributed by atoms with Crippen LogP contribution in [0.15, 0.2) is 67.3 Å². The van der Waals surface area contributed by atoms with E-state index < -0.39 is 39.1 Å². The maximum absolute atomic E-state index is 14.7. The van der Waals surface area contributed by atoms with Crippen LogP contribution in [0.5, 0.6) is 0 Å². The number of sulfonamides is 1. The van der Waals surface area contributed by atoms with Gasteiger partial charge in [-0.1, -0.05) is 54.6 Å². The van der Waals surface area contributed by atoms with E-state index in [1.807, 2.05) is 18.2 Å². The average molecular weight is 421 g/mol. The lowest BCUT2D eigenvalue weighted by atomic mass is 9.74. The van der Waals surface area contributed by atoms with Crippen LogP contribution in [-0.2, 0) is 36.3 Å². The van der Waals surface area contributed by atoms with E-state index in [0.29, 0.717) is 0 Å². The van der Waals surface area contributed by atoms with E-state index in [9.17, 15) is 17.6 Å². The number of hydrogen-bond donors (Lipinski definition) is 1. The molecule has 29 heavy (non-hydrogen) atoms. The number of carbonyl (C=O) groups is 1. The summed E-state index contributed by atoms with van der Waals surface area (Å²) in [6, 6.07) is 14.5. The van der Waals surface area contributed by atoms with Gasteiger partial charge in [-0.15, -0.1) is 6.58 Å². The molecule has 0 aliphatic rings. The van der Waals surface area contributed by atoms with E-state index in [4.69, 9.17) is 14.6 Å². The number of hydrogen-bond acceptors (Lipinski definition) is 5. The topological polar surface area (TPSA) is 95.7 Å². The van der Waals surface area contributed by atoms with Crippen molar-refractivity contribution in [3.8, 4) is 0 Å². The molecule has 2 aromatic rings. The van der Waals surface area contributed by atoms with Crippen LogP contribution in [0, 0.1) is 5.82 Å². The largest absolute Gasteiger partial charge is 0.468 e. The molecule has 0 aliphatic heterocycles. The SMILES string of the molecule is C=CCC(C(=O)OC)(c1ccccc1F)C(COCc1ccccc1)S(N)(=O)=O. The number of rotatable bonds is 10. The molecule has 8 heteroatoms. The van der Waals surface area contributed by atoms with Crippen molar-refractivity contribution in [3.05, 3.63) is 84.2 Å². The first-order valence-corrected chi connectivity index (χ1v) is 10.5. The highest BCUT2D eigenvalue weighted by Gasteiger charge is 2.53. The second kappa shape index (κ2) is 9.78. The summed E-state index contributed by atoms with van der Waals surface area (Å²) in [5, 5.41) is 3.89. The van der Waals surface area contributed by atoms with Crippen LogP contribution in [0.2, 0.25) is 0 Å². The Bertz CT molecular complexity index is 949. The molecule has 0 saturated heterocycles. The maximum atomic E-state index is 14.7. The van der Waals surface area contributed by atoms with Gasteiger partial charge in [0, 0.05) is 5.56 Å². The van der Waals surface area contributed by atoms with Gasteiger partial charge in [-0.2, -0.15) is 0 Å². The molecule has 2 atom stereocenters. The number of allylic oxidation sites excluding steroid dienone is 1. The molecule has 0 aromatic heterocycles. The Labute approximate surface area is 170 Å². The van der Waals surface area contributed by atoms with Crippen molar-refractivity contribution in [2.45, 2.75) is 23.7 Å². The zero-order valence-electron chi connectivity index (χ0n) is 16.1. The minimum atomic E-state index is -4.36. The summed E-state index contributed by atoms with van der Waals surface area (Å²) in [6.07, 6.45) is 1.12. The highest BCUT2D eigenvalue weighted by molar-refractivity contribution is 7.89. The minimum absolute atomic E-state index is 0.0927. The number of halogens is 1. The lowest BCUT2D eigenvalue weighted by Crippen LogP contribution is -2.55. The van der Waals surface area contributed by atoms with Crippen LogP contribution in [0.4, 0.5) is 4.39 Å². The van der Waals surface area contributed by atoms with Crippen LogP contribution in [0.3, 0.4) is 0 Å². The predicted molar refractivity (Wildman–Crippen MR) is 108 cm³/mol. The number of carbonyl (C=O) groups excluding carboxylic acids is 1. The molecule has 0 aliphatic carbocycles. The molecular weight excluding hydrogens is 397 g/mol. The Hall–Kier alpha value is -2.55. The third-order valence-corrected chi connectivity index (χ3v) is 6.03. The van der Waals surface area contributed by atoms with Gasteiger partial charge in [0.25, 0.3) is 0 Å². The van der Waals surface area contributed by atoms with Crippen LogP contribution in [-0.4, -0.2) is 33.4 Å². The summed E-state index contributed by atoms with van der Waals surface area (Å²) in [5.41, 5.74) is -1.29. The van der Waals surface area contributed by atoms with Crippen molar-refractivity contribution in [2.24, 2.45) is 5.14 Å². The molecular formula is C21H24FNO5S. The lowest BCUT2D eigenvalue weighted by Gasteiger charge is -2.36. The van der Waals surface area contributed by atoms with Gasteiger partial charge in [-0.25, -0.2) is 17.9 Å². The fraction of sp³-hybridized carbons (Fsp3) is 0.286. The fourth-order valence-electron chi connectivity index (χ4n) is 3.35. The molecule has 0 amide bonds. The van der Waals surface area contributed by atoms with Crippen molar-refractivity contribution in [2.75, 3.05) is 13.7 Å². The Morgan fingerprint density at radius 3 is 2.38 bits per heavy atom. The molecule has 0 fully saturated rings. The van der Waals surface area contributed by atoms with Crippen molar-refractivity contribution < 1.29 is 27.1 Å². The first kappa shape index (κ1) is 22.7. The average Bonchev–Trinajstić information content (AvgIpc) is 2.70. The third-order valence-electron chi connectivity index (χ3n) is 4.70. The molecule has 0 heterocycles. The summed E-state index contributed by atoms with van der Waals surface area (Å²) in [5.74, 6) is -1.69. The third kappa shape index (κ3) is 5.09. The van der Waals surface area contributed by atoms with E-state index in [-0.39, 0.29) is 18.6 Å². The first-order chi connectivity index (χ1) is 13.8. The van der Waals surface area contributed by atoms with Gasteiger partial charge in [0.1, 0.15) is 16.5 Å². The smallest absolute Gasteiger partial charge is 0.318 e. The van der Waals surface area contributed by atoms with Crippen LogP contribution < -0.4 is 5.14 Å². The monoisotopic (exact) mass is 421 g/mol. The van der Waals surface area contributed by atoms with Gasteiger partial charge in [0.2, 0.25) is 10.0 Å². The number of ether oxygens (including phenoxy) is 2. The normalized spacial score (nSPS) is 14.6. The number of esters is 1. The Morgan fingerprint density at radius 2 is 1.83 bits per heavy atom. The minimum Gasteiger partial charge on any atom is -0.468 e. The quantitative estimate of drug-likeness (QED) is 0.470. The first-order valence-electron chi connectivity index (χ1n) is 8.85. The molecule has 2 unspecified atom stereocenters. The standard InChI is InChI=1S/C21H24FNO5S/c1-3-13-21(20(24)27-2,17-11-7-8-12-18(17)22)19(29(23,25)26)15-28-14-16-9-5-4-6-10-16/h3-12,19H,1,13-15H2,2H3,(H2,23,25,26). The molecule has 0 saturated carbocycles. The van der Waals surface area contributed by atoms with Gasteiger partial charge in [0.05, 0.1) is 20.3 Å². The molecule has 0 radical (unpaired) electrons. The second-order valence-electron chi connectivity index (χ2n) is 6.51. The van der Waals surface area contributed by atoms with Gasteiger partial charge < -0.3 is 9.47 Å². The van der Waals surface area contributed by atoms with E-state index in [1.165, 1.54) is 24.3 Å². The van der Waals surface area contributed by atoms with E-state index >= 15 is 0 Å². The maximum Gasteiger partial charge on any atom is 0.318 e. The van der Waals surface area contributed by atoms with Crippen LogP contribution in [0.25, 0.3) is 0 Å². The van der Waals surface area contributed by atoms with E-state index in [1.54, 1.807) is 12.1 Å². The molecule has 2 rings (SSSR count). The summed E-state index contributed by atoms with van der Waals surface area (Å²) in [7, 11) is -3.26. The van der Waals surface area contributed by atoms with Crippen molar-refractivity contribution in [3.63, 3.8) is 0 Å². The Balaban J connectivity index is 2.53. The molecule has 6 nitrogen and oxygen atoms in total. The Morgan fingerprint density at radius 1 is 1.21 bits per heavy atom. The number of methoxy groups -OCH3 is 1. The zero-order valence-corrected chi connectivity index (χ0v) is 16.9. The number of primary sulfonamides is 1. The van der Waals surface area contributed by atoms with Crippen molar-refractivity contribution in [1.82, 2.24) is 0 Å². The van der Waals surface area contributed by atoms with Gasteiger partial charge >= 0.3 is 5.97 Å². The van der Waals surface area contributed by atoms with E-state index in [0.717, 1.165) is 18.7 Å². The lowest BCUT2D eigenvalue weighted by molar-refractivity contribution is -0.148. The molecule has 2 N–H and O–H groups in total. The zero-order chi connectivity index (χ0) is 21.5. The van der Waals surface area contributed by atoms with Crippen molar-refractivity contribution >= 4 is 16.0 Å². The van der Waals surface area contributed by atoms with Crippen LogP contribution >= 0.6 is 0 Å². The summed E-state index contributed by atoms with van der Waals surface area (Å²) in [6.45, 7) is 3.26. The Kier molecular flexibility index (Phi) is 7.66.